The number of carbonyl (C=O) groups excluding carboxylic acids is 1. The zero-order valence-electron chi connectivity index (χ0n) is 10.9. The molecule has 2 amide bonds. The molecule has 1 saturated carbocycles. The summed E-state index contributed by atoms with van der Waals surface area (Å²) in [6.45, 7) is 2.14. The van der Waals surface area contributed by atoms with Crippen LogP contribution in [0.3, 0.4) is 0 Å². The third-order valence-corrected chi connectivity index (χ3v) is 3.24. The van der Waals surface area contributed by atoms with Gasteiger partial charge in [0.25, 0.3) is 0 Å². The lowest BCUT2D eigenvalue weighted by Gasteiger charge is -2.28. The van der Waals surface area contributed by atoms with Crippen molar-refractivity contribution in [3.05, 3.63) is 0 Å². The SMILES string of the molecule is CC#CCN(C)C(=O)NC1CCC(C(=O)O)CC1. The van der Waals surface area contributed by atoms with Crippen molar-refractivity contribution in [1.82, 2.24) is 10.2 Å². The molecule has 1 aliphatic rings. The fourth-order valence-electron chi connectivity index (χ4n) is 2.04. The number of carboxylic acid groups (broad SMARTS) is 1. The largest absolute Gasteiger partial charge is 0.481 e. The summed E-state index contributed by atoms with van der Waals surface area (Å²) in [6.07, 6.45) is 2.74. The Kier molecular flexibility index (Phi) is 5.50. The molecule has 0 radical (unpaired) electrons. The van der Waals surface area contributed by atoms with Crippen LogP contribution >= 0.6 is 0 Å². The Morgan fingerprint density at radius 2 is 1.94 bits per heavy atom. The molecule has 0 spiro atoms. The molecule has 0 aromatic carbocycles. The van der Waals surface area contributed by atoms with Crippen LogP contribution in [0.4, 0.5) is 4.79 Å². The molecule has 0 aliphatic heterocycles. The maximum absolute atomic E-state index is 11.8. The third-order valence-electron chi connectivity index (χ3n) is 3.24. The summed E-state index contributed by atoms with van der Waals surface area (Å²) in [5.74, 6) is 4.59. The molecular weight excluding hydrogens is 232 g/mol. The van der Waals surface area contributed by atoms with Crippen molar-refractivity contribution in [1.29, 1.82) is 0 Å². The second-order valence-electron chi connectivity index (χ2n) is 4.62. The van der Waals surface area contributed by atoms with Crippen molar-refractivity contribution in [3.8, 4) is 11.8 Å². The molecule has 1 fully saturated rings. The summed E-state index contributed by atoms with van der Waals surface area (Å²) in [6, 6.07) is -0.0540. The van der Waals surface area contributed by atoms with Crippen LogP contribution in [-0.4, -0.2) is 41.6 Å². The molecule has 1 aliphatic carbocycles. The highest BCUT2D eigenvalue weighted by atomic mass is 16.4. The molecular formula is C13H20N2O3. The van der Waals surface area contributed by atoms with Crippen LogP contribution < -0.4 is 5.32 Å². The summed E-state index contributed by atoms with van der Waals surface area (Å²) in [5.41, 5.74) is 0. The van der Waals surface area contributed by atoms with E-state index in [1.165, 1.54) is 4.90 Å². The van der Waals surface area contributed by atoms with Gasteiger partial charge >= 0.3 is 12.0 Å². The van der Waals surface area contributed by atoms with E-state index in [0.717, 1.165) is 12.8 Å². The Morgan fingerprint density at radius 3 is 2.44 bits per heavy atom. The third kappa shape index (κ3) is 4.28. The highest BCUT2D eigenvalue weighted by Crippen LogP contribution is 2.24. The van der Waals surface area contributed by atoms with Gasteiger partial charge in [0.05, 0.1) is 12.5 Å². The number of nitrogens with one attached hydrogen (secondary N) is 1. The van der Waals surface area contributed by atoms with Crippen molar-refractivity contribution in [2.75, 3.05) is 13.6 Å². The number of hydrogen-bond acceptors (Lipinski definition) is 2. The summed E-state index contributed by atoms with van der Waals surface area (Å²) >= 11 is 0. The van der Waals surface area contributed by atoms with Crippen LogP contribution in [0.5, 0.6) is 0 Å². The van der Waals surface area contributed by atoms with Crippen molar-refractivity contribution in [2.45, 2.75) is 38.6 Å². The van der Waals surface area contributed by atoms with E-state index in [4.69, 9.17) is 5.11 Å². The average Bonchev–Trinajstić information content (AvgIpc) is 2.36. The van der Waals surface area contributed by atoms with E-state index < -0.39 is 5.97 Å². The molecule has 5 nitrogen and oxygen atoms in total. The molecule has 100 valence electrons. The first-order valence-electron chi connectivity index (χ1n) is 6.18. The second-order valence-corrected chi connectivity index (χ2v) is 4.62. The predicted octanol–water partition coefficient (Wildman–Crippen LogP) is 1.29. The van der Waals surface area contributed by atoms with Crippen LogP contribution in [0.25, 0.3) is 0 Å². The number of carbonyl (C=O) groups is 2. The van der Waals surface area contributed by atoms with Gasteiger partial charge < -0.3 is 15.3 Å². The van der Waals surface area contributed by atoms with Crippen molar-refractivity contribution in [2.24, 2.45) is 5.92 Å². The molecule has 0 saturated heterocycles. The van der Waals surface area contributed by atoms with Gasteiger partial charge in [0.15, 0.2) is 0 Å². The first kappa shape index (κ1) is 14.4. The number of hydrogen-bond donors (Lipinski definition) is 2. The summed E-state index contributed by atoms with van der Waals surface area (Å²) in [7, 11) is 1.70. The van der Waals surface area contributed by atoms with Crippen LogP contribution in [0.2, 0.25) is 0 Å². The molecule has 0 aromatic rings. The van der Waals surface area contributed by atoms with Crippen LogP contribution in [0, 0.1) is 17.8 Å². The smallest absolute Gasteiger partial charge is 0.318 e. The van der Waals surface area contributed by atoms with Gasteiger partial charge in [0.2, 0.25) is 0 Å². The minimum absolute atomic E-state index is 0.0881. The lowest BCUT2D eigenvalue weighted by molar-refractivity contribution is -0.142. The van der Waals surface area contributed by atoms with Gasteiger partial charge in [0, 0.05) is 13.1 Å². The first-order chi connectivity index (χ1) is 8.54. The molecule has 0 aromatic heterocycles. The van der Waals surface area contributed by atoms with E-state index in [1.54, 1.807) is 14.0 Å². The number of amides is 2. The molecule has 0 bridgehead atoms. The Balaban J connectivity index is 2.33. The highest BCUT2D eigenvalue weighted by molar-refractivity contribution is 5.74. The topological polar surface area (TPSA) is 69.6 Å². The number of carboxylic acids is 1. The van der Waals surface area contributed by atoms with Crippen molar-refractivity contribution < 1.29 is 14.7 Å². The Hall–Kier alpha value is -1.70. The van der Waals surface area contributed by atoms with E-state index in [2.05, 4.69) is 17.2 Å². The highest BCUT2D eigenvalue weighted by Gasteiger charge is 2.27. The standard InChI is InChI=1S/C13H20N2O3/c1-3-4-9-15(2)13(18)14-11-7-5-10(6-8-11)12(16)17/h10-11H,5-9H2,1-2H3,(H,14,18)(H,16,17). The normalized spacial score (nSPS) is 22.6. The molecule has 0 unspecified atom stereocenters. The van der Waals surface area contributed by atoms with Crippen molar-refractivity contribution >= 4 is 12.0 Å². The van der Waals surface area contributed by atoms with Gasteiger partial charge in [-0.2, -0.15) is 0 Å². The zero-order valence-corrected chi connectivity index (χ0v) is 10.9. The van der Waals surface area contributed by atoms with Crippen LogP contribution in [0.15, 0.2) is 0 Å². The Morgan fingerprint density at radius 1 is 1.33 bits per heavy atom. The van der Waals surface area contributed by atoms with Gasteiger partial charge in [-0.1, -0.05) is 5.92 Å². The van der Waals surface area contributed by atoms with Gasteiger partial charge in [-0.3, -0.25) is 4.79 Å². The molecule has 1 rings (SSSR count). The maximum atomic E-state index is 11.8. The number of aliphatic carboxylic acids is 1. The maximum Gasteiger partial charge on any atom is 0.318 e. The molecule has 0 heterocycles. The number of nitrogens with zero attached hydrogens (tertiary/aromatic N) is 1. The fraction of sp³-hybridized carbons (Fsp3) is 0.692. The molecule has 18 heavy (non-hydrogen) atoms. The monoisotopic (exact) mass is 252 g/mol. The minimum Gasteiger partial charge on any atom is -0.481 e. The van der Waals surface area contributed by atoms with Gasteiger partial charge in [0.1, 0.15) is 0 Å². The quantitative estimate of drug-likeness (QED) is 0.744. The lowest BCUT2D eigenvalue weighted by Crippen LogP contribution is -2.45. The van der Waals surface area contributed by atoms with E-state index in [0.29, 0.717) is 19.4 Å². The summed E-state index contributed by atoms with van der Waals surface area (Å²) < 4.78 is 0. The van der Waals surface area contributed by atoms with Gasteiger partial charge in [-0.05, 0) is 32.6 Å². The van der Waals surface area contributed by atoms with E-state index in [9.17, 15) is 9.59 Å². The second kappa shape index (κ2) is 6.90. The molecule has 5 heteroatoms. The number of urea groups is 1. The Labute approximate surface area is 108 Å². The summed E-state index contributed by atoms with van der Waals surface area (Å²) in [5, 5.41) is 11.8. The Bertz CT molecular complexity index is 362. The average molecular weight is 252 g/mol. The number of rotatable bonds is 3. The van der Waals surface area contributed by atoms with E-state index >= 15 is 0 Å². The minimum atomic E-state index is -0.727. The first-order valence-corrected chi connectivity index (χ1v) is 6.18. The van der Waals surface area contributed by atoms with Crippen molar-refractivity contribution in [3.63, 3.8) is 0 Å². The van der Waals surface area contributed by atoms with Crippen LogP contribution in [-0.2, 0) is 4.79 Å². The van der Waals surface area contributed by atoms with Gasteiger partial charge in [-0.15, -0.1) is 5.92 Å². The predicted molar refractivity (Wildman–Crippen MR) is 68.0 cm³/mol. The van der Waals surface area contributed by atoms with Crippen LogP contribution in [0.1, 0.15) is 32.6 Å². The fourth-order valence-corrected chi connectivity index (χ4v) is 2.04. The molecule has 0 atom stereocenters. The lowest BCUT2D eigenvalue weighted by atomic mass is 9.86. The zero-order chi connectivity index (χ0) is 13.5. The van der Waals surface area contributed by atoms with E-state index in [1.807, 2.05) is 0 Å². The summed E-state index contributed by atoms with van der Waals surface area (Å²) in [4.78, 5) is 24.1. The van der Waals surface area contributed by atoms with E-state index in [-0.39, 0.29) is 18.0 Å². The molecule has 2 N–H and O–H groups in total. The van der Waals surface area contributed by atoms with Gasteiger partial charge in [-0.25, -0.2) is 4.79 Å².